The minimum Gasteiger partial charge on any atom is -0.490 e. The Morgan fingerprint density at radius 1 is 1.10 bits per heavy atom. The Morgan fingerprint density at radius 3 is 2.55 bits per heavy atom. The highest BCUT2D eigenvalue weighted by Gasteiger charge is 2.19. The van der Waals surface area contributed by atoms with E-state index >= 15 is 0 Å². The van der Waals surface area contributed by atoms with Gasteiger partial charge in [-0.05, 0) is 43.2 Å². The van der Waals surface area contributed by atoms with Gasteiger partial charge in [0.05, 0.1) is 6.61 Å². The zero-order chi connectivity index (χ0) is 13.9. The van der Waals surface area contributed by atoms with Gasteiger partial charge in [-0.15, -0.1) is 0 Å². The molecule has 1 aromatic carbocycles. The Balaban J connectivity index is 1.60. The molecule has 3 heteroatoms. The minimum atomic E-state index is -0.864. The summed E-state index contributed by atoms with van der Waals surface area (Å²) in [4.78, 5) is 0. The highest BCUT2D eigenvalue weighted by molar-refractivity contribution is 5.52. The lowest BCUT2D eigenvalue weighted by Crippen LogP contribution is -2.14. The second kappa shape index (κ2) is 5.94. The number of rotatable bonds is 6. The van der Waals surface area contributed by atoms with Crippen molar-refractivity contribution in [2.45, 2.75) is 38.5 Å². The van der Waals surface area contributed by atoms with Crippen LogP contribution in [0.3, 0.4) is 0 Å². The molecule has 0 N–H and O–H groups in total. The summed E-state index contributed by atoms with van der Waals surface area (Å²) in [7, 11) is 0. The Bertz CT molecular complexity index is 502. The van der Waals surface area contributed by atoms with E-state index in [9.17, 15) is 8.78 Å². The van der Waals surface area contributed by atoms with E-state index in [0.717, 1.165) is 19.3 Å². The molecule has 0 heterocycles. The van der Waals surface area contributed by atoms with Gasteiger partial charge in [0.15, 0.2) is 11.6 Å². The zero-order valence-electron chi connectivity index (χ0n) is 11.6. The van der Waals surface area contributed by atoms with Crippen LogP contribution in [-0.2, 0) is 0 Å². The van der Waals surface area contributed by atoms with Crippen molar-refractivity contribution in [1.29, 1.82) is 0 Å². The van der Waals surface area contributed by atoms with Gasteiger partial charge >= 0.3 is 0 Å². The van der Waals surface area contributed by atoms with Crippen LogP contribution >= 0.6 is 0 Å². The standard InChI is InChI=1S/C17H20F2O/c18-16-14(7-6-13-4-5-13)8-9-15(17(16)19)20-11-10-12-2-1-3-12/h6-9,12-13H,1-5,10-11H2/b7-6+. The lowest BCUT2D eigenvalue weighted by atomic mass is 9.83. The summed E-state index contributed by atoms with van der Waals surface area (Å²) in [6.45, 7) is 0.471. The number of ether oxygens (including phenoxy) is 1. The average molecular weight is 278 g/mol. The van der Waals surface area contributed by atoms with E-state index in [-0.39, 0.29) is 5.75 Å². The van der Waals surface area contributed by atoms with Crippen LogP contribution in [0.2, 0.25) is 0 Å². The number of hydrogen-bond donors (Lipinski definition) is 0. The molecule has 0 bridgehead atoms. The molecule has 1 nitrogen and oxygen atoms in total. The highest BCUT2D eigenvalue weighted by atomic mass is 19.2. The maximum atomic E-state index is 13.9. The van der Waals surface area contributed by atoms with Gasteiger partial charge in [0.25, 0.3) is 0 Å². The van der Waals surface area contributed by atoms with Crippen molar-refractivity contribution in [1.82, 2.24) is 0 Å². The lowest BCUT2D eigenvalue weighted by Gasteiger charge is -2.25. The van der Waals surface area contributed by atoms with Crippen molar-refractivity contribution >= 4 is 6.08 Å². The van der Waals surface area contributed by atoms with Gasteiger partial charge in [0.2, 0.25) is 5.82 Å². The molecule has 0 atom stereocenters. The van der Waals surface area contributed by atoms with E-state index < -0.39 is 11.6 Å². The van der Waals surface area contributed by atoms with Crippen LogP contribution in [0.25, 0.3) is 6.08 Å². The van der Waals surface area contributed by atoms with E-state index in [4.69, 9.17) is 4.74 Å². The van der Waals surface area contributed by atoms with Crippen LogP contribution in [0.15, 0.2) is 18.2 Å². The van der Waals surface area contributed by atoms with Gasteiger partial charge in [-0.1, -0.05) is 31.4 Å². The summed E-state index contributed by atoms with van der Waals surface area (Å²) in [6, 6.07) is 3.13. The Labute approximate surface area is 118 Å². The Morgan fingerprint density at radius 2 is 1.90 bits per heavy atom. The van der Waals surface area contributed by atoms with E-state index in [1.165, 1.54) is 25.3 Å². The molecule has 0 unspecified atom stereocenters. The first-order valence-corrected chi connectivity index (χ1v) is 7.53. The largest absolute Gasteiger partial charge is 0.490 e. The van der Waals surface area contributed by atoms with Gasteiger partial charge in [-0.25, -0.2) is 4.39 Å². The molecule has 0 radical (unpaired) electrons. The zero-order valence-corrected chi connectivity index (χ0v) is 11.6. The predicted molar refractivity (Wildman–Crippen MR) is 75.6 cm³/mol. The third kappa shape index (κ3) is 3.20. The molecule has 0 spiro atoms. The fraction of sp³-hybridized carbons (Fsp3) is 0.529. The van der Waals surface area contributed by atoms with Crippen LogP contribution in [0.4, 0.5) is 8.78 Å². The van der Waals surface area contributed by atoms with Crippen LogP contribution in [0, 0.1) is 23.5 Å². The second-order valence-electron chi connectivity index (χ2n) is 5.91. The van der Waals surface area contributed by atoms with Crippen molar-refractivity contribution in [3.63, 3.8) is 0 Å². The summed E-state index contributed by atoms with van der Waals surface area (Å²) >= 11 is 0. The van der Waals surface area contributed by atoms with Crippen LogP contribution < -0.4 is 4.74 Å². The quantitative estimate of drug-likeness (QED) is 0.715. The maximum absolute atomic E-state index is 13.9. The van der Waals surface area contributed by atoms with Crippen LogP contribution in [-0.4, -0.2) is 6.61 Å². The summed E-state index contributed by atoms with van der Waals surface area (Å²) in [5.41, 5.74) is 0.306. The molecular formula is C17H20F2O. The fourth-order valence-electron chi connectivity index (χ4n) is 2.43. The fourth-order valence-corrected chi connectivity index (χ4v) is 2.43. The summed E-state index contributed by atoms with van der Waals surface area (Å²) in [5.74, 6) is -0.371. The average Bonchev–Trinajstić information content (AvgIpc) is 3.20. The summed E-state index contributed by atoms with van der Waals surface area (Å²) in [5, 5.41) is 0. The van der Waals surface area contributed by atoms with Crippen LogP contribution in [0.1, 0.15) is 44.1 Å². The van der Waals surface area contributed by atoms with Crippen molar-refractivity contribution in [3.8, 4) is 5.75 Å². The number of hydrogen-bond acceptors (Lipinski definition) is 1. The monoisotopic (exact) mass is 278 g/mol. The summed E-state index contributed by atoms with van der Waals surface area (Å²) in [6.07, 6.45) is 10.6. The first-order chi connectivity index (χ1) is 9.74. The van der Waals surface area contributed by atoms with Crippen molar-refractivity contribution in [2.75, 3.05) is 6.61 Å². The maximum Gasteiger partial charge on any atom is 0.201 e. The van der Waals surface area contributed by atoms with Crippen molar-refractivity contribution < 1.29 is 13.5 Å². The topological polar surface area (TPSA) is 9.23 Å². The van der Waals surface area contributed by atoms with E-state index in [1.54, 1.807) is 12.1 Å². The third-order valence-corrected chi connectivity index (χ3v) is 4.26. The summed E-state index contributed by atoms with van der Waals surface area (Å²) < 4.78 is 33.2. The van der Waals surface area contributed by atoms with E-state index in [2.05, 4.69) is 0 Å². The van der Waals surface area contributed by atoms with Gasteiger partial charge in [-0.3, -0.25) is 0 Å². The smallest absolute Gasteiger partial charge is 0.201 e. The molecule has 108 valence electrons. The van der Waals surface area contributed by atoms with Gasteiger partial charge < -0.3 is 4.74 Å². The van der Waals surface area contributed by atoms with E-state index in [1.807, 2.05) is 6.08 Å². The van der Waals surface area contributed by atoms with E-state index in [0.29, 0.717) is 24.0 Å². The first-order valence-electron chi connectivity index (χ1n) is 7.53. The number of benzene rings is 1. The Kier molecular flexibility index (Phi) is 4.04. The van der Waals surface area contributed by atoms with Gasteiger partial charge in [0, 0.05) is 5.56 Å². The molecule has 0 aromatic heterocycles. The number of allylic oxidation sites excluding steroid dienone is 1. The van der Waals surface area contributed by atoms with Crippen molar-refractivity contribution in [3.05, 3.63) is 35.4 Å². The van der Waals surface area contributed by atoms with Gasteiger partial charge in [0.1, 0.15) is 0 Å². The predicted octanol–water partition coefficient (Wildman–Crippen LogP) is 4.96. The molecule has 20 heavy (non-hydrogen) atoms. The second-order valence-corrected chi connectivity index (χ2v) is 5.91. The minimum absolute atomic E-state index is 0.0328. The molecule has 2 fully saturated rings. The SMILES string of the molecule is Fc1c(/C=C/C2CC2)ccc(OCCC2CCC2)c1F. The number of halogens is 2. The molecular weight excluding hydrogens is 258 g/mol. The molecule has 2 aliphatic carbocycles. The molecule has 0 amide bonds. The molecule has 0 saturated heterocycles. The molecule has 2 saturated carbocycles. The van der Waals surface area contributed by atoms with Crippen LogP contribution in [0.5, 0.6) is 5.75 Å². The normalized spacial score (nSPS) is 19.3. The van der Waals surface area contributed by atoms with Gasteiger partial charge in [-0.2, -0.15) is 4.39 Å². The van der Waals surface area contributed by atoms with Crippen molar-refractivity contribution in [2.24, 2.45) is 11.8 Å². The lowest BCUT2D eigenvalue weighted by molar-refractivity contribution is 0.215. The molecule has 3 rings (SSSR count). The Hall–Kier alpha value is -1.38. The third-order valence-electron chi connectivity index (χ3n) is 4.26. The first kappa shape index (κ1) is 13.6. The molecule has 0 aliphatic heterocycles. The molecule has 2 aliphatic rings. The molecule has 1 aromatic rings. The highest BCUT2D eigenvalue weighted by Crippen LogP contribution is 2.32.